The zero-order valence-corrected chi connectivity index (χ0v) is 25.2. The van der Waals surface area contributed by atoms with Crippen LogP contribution in [0.15, 0.2) is 97.1 Å². The Morgan fingerprint density at radius 2 is 0.800 bits per heavy atom. The van der Waals surface area contributed by atoms with Crippen LogP contribution in [0, 0.1) is 0 Å². The normalized spacial score (nSPS) is 15.9. The lowest BCUT2D eigenvalue weighted by Gasteiger charge is -2.31. The van der Waals surface area contributed by atoms with Crippen LogP contribution in [0.5, 0.6) is 0 Å². The lowest BCUT2D eigenvalue weighted by Crippen LogP contribution is -2.35. The first-order chi connectivity index (χ1) is 21.9. The number of carbonyl (C=O) groups is 2. The van der Waals surface area contributed by atoms with Gasteiger partial charge in [-0.05, 0) is 123 Å². The molecule has 4 aromatic rings. The number of aliphatic hydroxyl groups is 2. The molecule has 2 amide bonds. The number of aliphatic hydroxyl groups excluding tert-OH is 2. The smallest absolute Gasteiger partial charge is 0.255 e. The van der Waals surface area contributed by atoms with Gasteiger partial charge in [-0.25, -0.2) is 0 Å². The second kappa shape index (κ2) is 13.8. The fourth-order valence-electron chi connectivity index (χ4n) is 5.74. The van der Waals surface area contributed by atoms with Gasteiger partial charge in [0.15, 0.2) is 0 Å². The number of amides is 2. The summed E-state index contributed by atoms with van der Waals surface area (Å²) in [6.45, 7) is 3.26. The van der Waals surface area contributed by atoms with Gasteiger partial charge in [0.2, 0.25) is 0 Å². The van der Waals surface area contributed by atoms with Gasteiger partial charge >= 0.3 is 0 Å². The highest BCUT2D eigenvalue weighted by atomic mass is 16.3. The Labute approximate surface area is 263 Å². The number of nitrogens with one attached hydrogen (secondary N) is 3. The molecule has 232 valence electrons. The quantitative estimate of drug-likeness (QED) is 0.171. The Bertz CT molecular complexity index is 1450. The predicted octanol–water partition coefficient (Wildman–Crippen LogP) is 5.86. The molecule has 2 heterocycles. The van der Waals surface area contributed by atoms with E-state index in [0.29, 0.717) is 22.5 Å². The average molecular weight is 606 g/mol. The molecule has 2 aliphatic rings. The van der Waals surface area contributed by atoms with Gasteiger partial charge in [0.1, 0.15) is 0 Å². The summed E-state index contributed by atoms with van der Waals surface area (Å²) in [6, 6.07) is 30.1. The van der Waals surface area contributed by atoms with Gasteiger partial charge in [-0.15, -0.1) is 0 Å². The van der Waals surface area contributed by atoms with Crippen LogP contribution in [0.3, 0.4) is 0 Å². The Kier molecular flexibility index (Phi) is 9.28. The number of benzene rings is 4. The number of nitrogens with zero attached hydrogens (tertiary/aromatic N) is 2. The standard InChI is InChI=1S/C36H39N5O4/c42-33-17-21-40(22-18-33)31-13-1-25(2-14-31)35(44)38-29-9-5-27(6-10-29)37-28-7-11-30(12-8-28)39-36(45)26-3-15-32(16-4-26)41-23-19-34(43)20-24-41/h1-16,33-34,37,42-43H,17-24H2,(H,38,44)(H,39,45). The van der Waals surface area contributed by atoms with Crippen molar-refractivity contribution >= 4 is 45.9 Å². The first-order valence-electron chi connectivity index (χ1n) is 15.6. The molecule has 45 heavy (non-hydrogen) atoms. The summed E-state index contributed by atoms with van der Waals surface area (Å²) >= 11 is 0. The Morgan fingerprint density at radius 1 is 0.489 bits per heavy atom. The van der Waals surface area contributed by atoms with Crippen molar-refractivity contribution in [2.75, 3.05) is 51.9 Å². The largest absolute Gasteiger partial charge is 0.393 e. The van der Waals surface area contributed by atoms with E-state index in [4.69, 9.17) is 0 Å². The molecule has 0 aromatic heterocycles. The molecule has 2 fully saturated rings. The second-order valence-corrected chi connectivity index (χ2v) is 11.7. The van der Waals surface area contributed by atoms with Crippen LogP contribution >= 0.6 is 0 Å². The molecule has 0 unspecified atom stereocenters. The molecule has 4 aromatic carbocycles. The number of hydrogen-bond acceptors (Lipinski definition) is 7. The first-order valence-corrected chi connectivity index (χ1v) is 15.6. The number of carbonyl (C=O) groups excluding carboxylic acids is 2. The highest BCUT2D eigenvalue weighted by Gasteiger charge is 2.19. The summed E-state index contributed by atoms with van der Waals surface area (Å²) in [7, 11) is 0. The van der Waals surface area contributed by atoms with Gasteiger partial charge in [0.05, 0.1) is 12.2 Å². The molecule has 5 N–H and O–H groups in total. The molecule has 9 heteroatoms. The molecule has 2 aliphatic heterocycles. The summed E-state index contributed by atoms with van der Waals surface area (Å²) in [5.74, 6) is -0.347. The maximum atomic E-state index is 12.8. The topological polar surface area (TPSA) is 117 Å². The number of piperidine rings is 2. The van der Waals surface area contributed by atoms with E-state index in [1.807, 2.05) is 97.1 Å². The highest BCUT2D eigenvalue weighted by molar-refractivity contribution is 6.05. The van der Waals surface area contributed by atoms with Crippen LogP contribution in [-0.2, 0) is 0 Å². The predicted molar refractivity (Wildman–Crippen MR) is 180 cm³/mol. The molecule has 0 bridgehead atoms. The molecule has 0 atom stereocenters. The second-order valence-electron chi connectivity index (χ2n) is 11.7. The van der Waals surface area contributed by atoms with Crippen molar-refractivity contribution in [1.82, 2.24) is 0 Å². The maximum absolute atomic E-state index is 12.8. The molecule has 0 saturated carbocycles. The summed E-state index contributed by atoms with van der Waals surface area (Å²) in [4.78, 5) is 30.1. The number of anilines is 6. The lowest BCUT2D eigenvalue weighted by molar-refractivity contribution is 0.101. The van der Waals surface area contributed by atoms with Crippen molar-refractivity contribution < 1.29 is 19.8 Å². The van der Waals surface area contributed by atoms with Crippen LogP contribution < -0.4 is 25.8 Å². The Hall–Kier alpha value is -4.86. The van der Waals surface area contributed by atoms with Crippen LogP contribution in [0.4, 0.5) is 34.1 Å². The van der Waals surface area contributed by atoms with Gasteiger partial charge in [-0.2, -0.15) is 0 Å². The molecule has 2 saturated heterocycles. The number of hydrogen-bond donors (Lipinski definition) is 5. The minimum absolute atomic E-state index is 0.173. The molecule has 0 radical (unpaired) electrons. The summed E-state index contributed by atoms with van der Waals surface area (Å²) in [6.07, 6.45) is 2.62. The van der Waals surface area contributed by atoms with Crippen LogP contribution in [0.1, 0.15) is 46.4 Å². The molecular weight excluding hydrogens is 566 g/mol. The minimum Gasteiger partial charge on any atom is -0.393 e. The van der Waals surface area contributed by atoms with E-state index in [0.717, 1.165) is 74.6 Å². The van der Waals surface area contributed by atoms with E-state index >= 15 is 0 Å². The zero-order valence-electron chi connectivity index (χ0n) is 25.2. The zero-order chi connectivity index (χ0) is 31.2. The summed E-state index contributed by atoms with van der Waals surface area (Å²) < 4.78 is 0. The van der Waals surface area contributed by atoms with Gasteiger partial charge in [-0.1, -0.05) is 0 Å². The molecule has 0 aliphatic carbocycles. The van der Waals surface area contributed by atoms with Crippen LogP contribution in [0.2, 0.25) is 0 Å². The van der Waals surface area contributed by atoms with Crippen molar-refractivity contribution in [3.8, 4) is 0 Å². The fourth-order valence-corrected chi connectivity index (χ4v) is 5.74. The third kappa shape index (κ3) is 7.81. The summed E-state index contributed by atoms with van der Waals surface area (Å²) in [5, 5.41) is 28.7. The van der Waals surface area contributed by atoms with E-state index in [2.05, 4.69) is 25.8 Å². The van der Waals surface area contributed by atoms with E-state index in [-0.39, 0.29) is 24.0 Å². The van der Waals surface area contributed by atoms with Crippen LogP contribution in [0.25, 0.3) is 0 Å². The van der Waals surface area contributed by atoms with Gasteiger partial charge in [-0.3, -0.25) is 9.59 Å². The maximum Gasteiger partial charge on any atom is 0.255 e. The van der Waals surface area contributed by atoms with Crippen molar-refractivity contribution in [3.63, 3.8) is 0 Å². The minimum atomic E-state index is -0.217. The Balaban J connectivity index is 0.976. The van der Waals surface area contributed by atoms with Gasteiger partial charge < -0.3 is 36.0 Å². The summed E-state index contributed by atoms with van der Waals surface area (Å²) in [5.41, 5.74) is 6.41. The van der Waals surface area contributed by atoms with Gasteiger partial charge in [0.25, 0.3) is 11.8 Å². The highest BCUT2D eigenvalue weighted by Crippen LogP contribution is 2.24. The van der Waals surface area contributed by atoms with E-state index in [1.165, 1.54) is 0 Å². The van der Waals surface area contributed by atoms with E-state index in [1.54, 1.807) is 0 Å². The molecular formula is C36H39N5O4. The van der Waals surface area contributed by atoms with Crippen molar-refractivity contribution in [2.45, 2.75) is 37.9 Å². The fraction of sp³-hybridized carbons (Fsp3) is 0.278. The third-order valence-electron chi connectivity index (χ3n) is 8.49. The van der Waals surface area contributed by atoms with Crippen molar-refractivity contribution in [2.24, 2.45) is 0 Å². The van der Waals surface area contributed by atoms with Gasteiger partial charge in [0, 0.05) is 71.4 Å². The van der Waals surface area contributed by atoms with Crippen molar-refractivity contribution in [3.05, 3.63) is 108 Å². The van der Waals surface area contributed by atoms with Crippen LogP contribution in [-0.4, -0.2) is 60.4 Å². The monoisotopic (exact) mass is 605 g/mol. The molecule has 0 spiro atoms. The molecule has 9 nitrogen and oxygen atoms in total. The van der Waals surface area contributed by atoms with E-state index in [9.17, 15) is 19.8 Å². The lowest BCUT2D eigenvalue weighted by atomic mass is 10.1. The van der Waals surface area contributed by atoms with Crippen molar-refractivity contribution in [1.29, 1.82) is 0 Å². The Morgan fingerprint density at radius 3 is 1.13 bits per heavy atom. The first kappa shape index (κ1) is 30.2. The third-order valence-corrected chi connectivity index (χ3v) is 8.49. The van der Waals surface area contributed by atoms with E-state index < -0.39 is 0 Å². The SMILES string of the molecule is O=C(Nc1ccc(Nc2ccc(NC(=O)c3ccc(N4CCC(O)CC4)cc3)cc2)cc1)c1ccc(N2CCC(O)CC2)cc1. The number of rotatable bonds is 8. The molecule has 6 rings (SSSR count). The average Bonchev–Trinajstić information content (AvgIpc) is 3.07.